The van der Waals surface area contributed by atoms with Crippen molar-refractivity contribution in [2.24, 2.45) is 0 Å². The van der Waals surface area contributed by atoms with E-state index in [-0.39, 0.29) is 108 Å². The second-order valence-corrected chi connectivity index (χ2v) is 28.0. The van der Waals surface area contributed by atoms with Gasteiger partial charge >= 0.3 is 0 Å². The molecule has 3 aliphatic heterocycles. The van der Waals surface area contributed by atoms with Gasteiger partial charge in [0.05, 0.1) is 49.9 Å². The number of alkyl halides is 4. The van der Waals surface area contributed by atoms with Gasteiger partial charge in [0.2, 0.25) is 59.1 Å². The minimum absolute atomic E-state index is 0.0147. The van der Waals surface area contributed by atoms with Gasteiger partial charge in [-0.3, -0.25) is 47.9 Å². The molecule has 0 spiro atoms. The average Bonchev–Trinajstić information content (AvgIpc) is 3.48. The third-order valence-electron chi connectivity index (χ3n) is 9.13. The topological polar surface area (TPSA) is 280 Å². The highest BCUT2D eigenvalue weighted by atomic mass is 79.9. The molecule has 0 aromatic rings. The number of nitrogens with zero attached hydrogens (tertiary/aromatic N) is 4. The molecule has 3 heterocycles. The Kier molecular flexibility index (Phi) is 67.9. The zero-order valence-corrected chi connectivity index (χ0v) is 60.5. The van der Waals surface area contributed by atoms with Gasteiger partial charge in [0.25, 0.3) is 0 Å². The summed E-state index contributed by atoms with van der Waals surface area (Å²) in [5.41, 5.74) is 0. The molecule has 0 aliphatic carbocycles. The van der Waals surface area contributed by atoms with Crippen LogP contribution in [0.4, 0.5) is 0 Å². The van der Waals surface area contributed by atoms with Crippen LogP contribution >= 0.6 is 196 Å². The lowest BCUT2D eigenvalue weighted by Crippen LogP contribution is -2.43. The van der Waals surface area contributed by atoms with Gasteiger partial charge in [-0.25, -0.2) is 0 Å². The first-order valence-corrected chi connectivity index (χ1v) is 39.8. The van der Waals surface area contributed by atoms with Gasteiger partial charge in [-0.2, -0.15) is 75.8 Å². The highest BCUT2D eigenvalue weighted by Gasteiger charge is 2.19. The van der Waals surface area contributed by atoms with Crippen LogP contribution < -0.4 is 42.5 Å². The number of hydrogen-bond acceptors (Lipinski definition) is 24. The predicted octanol–water partition coefficient (Wildman–Crippen LogP) is 1.14. The van der Waals surface area contributed by atoms with Crippen molar-refractivity contribution in [3.05, 3.63) is 0 Å². The van der Waals surface area contributed by atoms with Crippen LogP contribution in [0.2, 0.25) is 0 Å². The smallest absolute Gasteiger partial charge is 0.239 e. The van der Waals surface area contributed by atoms with Crippen LogP contribution in [0.3, 0.4) is 0 Å². The normalized spacial score (nSPS) is 15.0. The number of rotatable bonds is 22. The molecule has 38 heteroatoms. The number of halogens is 4. The molecule has 22 nitrogen and oxygen atoms in total. The molecular weight excluding hydrogens is 1470 g/mol. The predicted molar refractivity (Wildman–Crippen MR) is 377 cm³/mol. The Labute approximate surface area is 568 Å². The van der Waals surface area contributed by atoms with E-state index in [2.05, 4.69) is 150 Å². The molecular formula is C44H82Br2Cl2N12O10S12. The van der Waals surface area contributed by atoms with Crippen molar-refractivity contribution in [2.45, 2.75) is 0 Å². The summed E-state index contributed by atoms with van der Waals surface area (Å²) >= 11 is 41.0. The molecule has 10 amide bonds. The Balaban J connectivity index is -0.000000918. The largest absolute Gasteiger partial charge is 0.354 e. The molecule has 0 aromatic carbocycles. The molecule has 0 bridgehead atoms. The van der Waals surface area contributed by atoms with Crippen molar-refractivity contribution in [3.8, 4) is 0 Å². The molecule has 0 atom stereocenters. The maximum absolute atomic E-state index is 11.5. The number of carbonyl (C=O) groups is 10. The zero-order chi connectivity index (χ0) is 62.0. The van der Waals surface area contributed by atoms with E-state index in [9.17, 15) is 47.9 Å². The molecule has 3 aliphatic rings. The van der Waals surface area contributed by atoms with E-state index in [1.54, 1.807) is 48.1 Å². The summed E-state index contributed by atoms with van der Waals surface area (Å²) in [7, 11) is 10.6. The Hall–Kier alpha value is 0.360. The third-order valence-corrected chi connectivity index (χ3v) is 19.0. The Bertz CT molecular complexity index is 1650. The lowest BCUT2D eigenvalue weighted by atomic mass is 10.4. The second kappa shape index (κ2) is 64.3. The highest BCUT2D eigenvalue weighted by Crippen LogP contribution is 2.22. The van der Waals surface area contributed by atoms with E-state index in [4.69, 9.17) is 23.2 Å². The quantitative estimate of drug-likeness (QED) is 0.0313. The van der Waals surface area contributed by atoms with Gasteiger partial charge in [0, 0.05) is 148 Å². The number of carbonyl (C=O) groups excluding carboxylic acids is 10. The van der Waals surface area contributed by atoms with Crippen molar-refractivity contribution in [1.29, 1.82) is 0 Å². The van der Waals surface area contributed by atoms with Gasteiger partial charge in [-0.1, -0.05) is 96.6 Å². The lowest BCUT2D eigenvalue weighted by Gasteiger charge is -2.22. The van der Waals surface area contributed by atoms with Gasteiger partial charge in [-0.05, 0) is 0 Å². The molecule has 0 saturated carbocycles. The van der Waals surface area contributed by atoms with Crippen molar-refractivity contribution >= 4 is 255 Å². The molecule has 8 N–H and O–H groups in total. The molecule has 82 heavy (non-hydrogen) atoms. The van der Waals surface area contributed by atoms with Crippen LogP contribution in [0.5, 0.6) is 0 Å². The molecule has 478 valence electrons. The molecule has 3 rings (SSSR count). The minimum atomic E-state index is -0.258. The summed E-state index contributed by atoms with van der Waals surface area (Å²) in [5, 5.41) is 22.8. The van der Waals surface area contributed by atoms with Crippen LogP contribution in [0.25, 0.3) is 0 Å². The fourth-order valence-corrected chi connectivity index (χ4v) is 13.0. The third kappa shape index (κ3) is 55.7. The second-order valence-electron chi connectivity index (χ2n) is 15.5. The van der Waals surface area contributed by atoms with Gasteiger partial charge in [-0.15, -0.1) is 23.2 Å². The summed E-state index contributed by atoms with van der Waals surface area (Å²) in [6.07, 6.45) is 0. The SMILES string of the molecule is O=C(CN(CCS)C(=O)CBr)NCCS.O=C(CN(CCS)C(=O)CCl)NCCS.O=C(CNCCS)NCCS.O=C1CN(C(=O)CBr)CCSSCCN1.O=C1CN(C(=O)CCl)CCSSCCN1.O=C1CNCCSSCCN1. The summed E-state index contributed by atoms with van der Waals surface area (Å²) < 4.78 is 0. The average molecular weight is 1550 g/mol. The zero-order valence-electron chi connectivity index (χ0n) is 45.6. The first-order chi connectivity index (χ1) is 39.5. The number of amides is 10. The summed E-state index contributed by atoms with van der Waals surface area (Å²) in [4.78, 5) is 119. The van der Waals surface area contributed by atoms with Crippen LogP contribution in [0, 0.1) is 0 Å². The number of hydrogen-bond donors (Lipinski definition) is 14. The maximum atomic E-state index is 11.5. The monoisotopic (exact) mass is 1550 g/mol. The fraction of sp³-hybridized carbons (Fsp3) is 0.773. The standard InChI is InChI=1S/C8H13BrN2O2S2.C8H15BrN2O2S2.C8H13ClN2O2S2.C8H15ClN2O2S2.C6H12N2OS2.C6H14N2OS2/c9-5-8(13)11-2-4-15-14-3-1-10-7(12)6-11;9-5-8(13)11(2-4-15)6-7(12)10-1-3-14;9-5-8(13)11-2-4-15-14-3-1-10-7(12)6-11;9-5-8(13)11(2-4-15)6-7(12)10-1-3-14;9-6-5-7-1-3-10-11-4-2-8-6;9-6(8-2-4-11)5-7-1-3-10/h1-6H2,(H,10,12);14-15H,1-6H2,(H,10,12);1-6H2,(H,10,12);14-15H,1-6H2,(H,10,12);7H,1-5H2,(H,8,9);7,10-11H,1-5H2,(H,8,9). The van der Waals surface area contributed by atoms with E-state index in [1.807, 2.05) is 21.6 Å². The minimum Gasteiger partial charge on any atom is -0.354 e. The van der Waals surface area contributed by atoms with E-state index in [0.717, 1.165) is 59.9 Å². The molecule has 0 unspecified atom stereocenters. The Morgan fingerprint density at radius 2 is 0.902 bits per heavy atom. The van der Waals surface area contributed by atoms with E-state index in [1.165, 1.54) is 14.7 Å². The van der Waals surface area contributed by atoms with E-state index in [0.29, 0.717) is 101 Å². The van der Waals surface area contributed by atoms with Crippen molar-refractivity contribution in [2.75, 3.05) is 209 Å². The molecule has 0 radical (unpaired) electrons. The van der Waals surface area contributed by atoms with Crippen LogP contribution in [-0.4, -0.2) is 288 Å². The van der Waals surface area contributed by atoms with E-state index >= 15 is 0 Å². The summed E-state index contributed by atoms with van der Waals surface area (Å²) in [5.74, 6) is 8.06. The molecule has 3 fully saturated rings. The molecule has 0 aromatic heterocycles. The Morgan fingerprint density at radius 1 is 0.500 bits per heavy atom. The van der Waals surface area contributed by atoms with Gasteiger partial charge < -0.3 is 62.1 Å². The maximum Gasteiger partial charge on any atom is 0.239 e. The van der Waals surface area contributed by atoms with Crippen molar-refractivity contribution in [1.82, 2.24) is 62.1 Å². The highest BCUT2D eigenvalue weighted by molar-refractivity contribution is 9.09. The van der Waals surface area contributed by atoms with Crippen LogP contribution in [-0.2, 0) is 47.9 Å². The first kappa shape index (κ1) is 86.6. The van der Waals surface area contributed by atoms with Gasteiger partial charge in [0.15, 0.2) is 0 Å². The first-order valence-electron chi connectivity index (χ1n) is 25.2. The van der Waals surface area contributed by atoms with Crippen LogP contribution in [0.15, 0.2) is 0 Å². The lowest BCUT2D eigenvalue weighted by molar-refractivity contribution is -0.133. The van der Waals surface area contributed by atoms with Crippen LogP contribution in [0.1, 0.15) is 0 Å². The summed E-state index contributed by atoms with van der Waals surface area (Å²) in [6, 6.07) is 0. The van der Waals surface area contributed by atoms with E-state index < -0.39 is 0 Å². The number of nitrogens with one attached hydrogen (secondary N) is 8. The fourth-order valence-electron chi connectivity index (χ4n) is 5.32. The molecule has 3 saturated heterocycles. The number of thiol groups is 6. The van der Waals surface area contributed by atoms with Crippen molar-refractivity contribution < 1.29 is 47.9 Å². The van der Waals surface area contributed by atoms with Gasteiger partial charge in [0.1, 0.15) is 11.8 Å². The Morgan fingerprint density at radius 3 is 1.30 bits per heavy atom. The summed E-state index contributed by atoms with van der Waals surface area (Å²) in [6.45, 7) is 8.78. The van der Waals surface area contributed by atoms with Crippen molar-refractivity contribution in [3.63, 3.8) is 0 Å².